The molecule has 1 heterocycles. The summed E-state index contributed by atoms with van der Waals surface area (Å²) in [6.45, 7) is 3.12. The molecule has 17 heavy (non-hydrogen) atoms. The number of benzene rings is 1. The Balaban J connectivity index is 2.22. The van der Waals surface area contributed by atoms with Gasteiger partial charge in [-0.25, -0.2) is 0 Å². The molecule has 2 rings (SSSR count). The summed E-state index contributed by atoms with van der Waals surface area (Å²) < 4.78 is 10.5. The molecule has 1 aliphatic heterocycles. The lowest BCUT2D eigenvalue weighted by Crippen LogP contribution is -2.23. The molecule has 1 aromatic carbocycles. The Bertz CT molecular complexity index is 417. The normalized spacial score (nSPS) is 14.9. The molecule has 0 spiro atoms. The van der Waals surface area contributed by atoms with Gasteiger partial charge in [0.25, 0.3) is 0 Å². The van der Waals surface area contributed by atoms with E-state index in [1.54, 1.807) is 6.92 Å². The van der Waals surface area contributed by atoms with E-state index in [0.717, 1.165) is 17.7 Å². The highest BCUT2D eigenvalue weighted by molar-refractivity contribution is 5.78. The van der Waals surface area contributed by atoms with E-state index in [9.17, 15) is 4.79 Å². The van der Waals surface area contributed by atoms with Gasteiger partial charge >= 0.3 is 5.97 Å². The Morgan fingerprint density at radius 1 is 1.59 bits per heavy atom. The fourth-order valence-electron chi connectivity index (χ4n) is 2.01. The van der Waals surface area contributed by atoms with Crippen molar-refractivity contribution >= 4 is 5.97 Å². The first kappa shape index (κ1) is 11.9. The number of hydrogen-bond donors (Lipinski definition) is 1. The van der Waals surface area contributed by atoms with Crippen molar-refractivity contribution in [2.45, 2.75) is 19.3 Å². The van der Waals surface area contributed by atoms with Gasteiger partial charge in [0, 0.05) is 13.0 Å². The Morgan fingerprint density at radius 3 is 3.12 bits per heavy atom. The topological polar surface area (TPSA) is 61.5 Å². The minimum Gasteiger partial charge on any atom is -0.493 e. The number of carbonyl (C=O) groups excluding carboxylic acids is 1. The van der Waals surface area contributed by atoms with Crippen LogP contribution in [0.4, 0.5) is 0 Å². The molecule has 92 valence electrons. The van der Waals surface area contributed by atoms with Crippen molar-refractivity contribution in [3.8, 4) is 5.75 Å². The maximum absolute atomic E-state index is 11.7. The summed E-state index contributed by atoms with van der Waals surface area (Å²) in [5, 5.41) is 0. The highest BCUT2D eigenvalue weighted by Gasteiger charge is 2.22. The van der Waals surface area contributed by atoms with Gasteiger partial charge in [0.2, 0.25) is 0 Å². The lowest BCUT2D eigenvalue weighted by molar-refractivity contribution is -0.144. The summed E-state index contributed by atoms with van der Waals surface area (Å²) in [5.41, 5.74) is 7.70. The molecule has 0 radical (unpaired) electrons. The summed E-state index contributed by atoms with van der Waals surface area (Å²) in [5.74, 6) is 0.197. The van der Waals surface area contributed by atoms with Crippen LogP contribution in [0, 0.1) is 0 Å². The number of carbonyl (C=O) groups is 1. The van der Waals surface area contributed by atoms with Crippen LogP contribution in [0.15, 0.2) is 18.2 Å². The standard InChI is InChI=1S/C13H17NO3/c1-2-16-13(15)11(8-14)10-4-3-9-5-6-17-12(9)7-10/h3-4,7,11H,2,5-6,8,14H2,1H3. The number of nitrogens with two attached hydrogens (primary N) is 1. The second-order valence-electron chi connectivity index (χ2n) is 4.01. The molecule has 1 unspecified atom stereocenters. The predicted octanol–water partition coefficient (Wildman–Crippen LogP) is 1.23. The van der Waals surface area contributed by atoms with Gasteiger partial charge in [0.15, 0.2) is 0 Å². The fourth-order valence-corrected chi connectivity index (χ4v) is 2.01. The van der Waals surface area contributed by atoms with Crippen LogP contribution in [0.3, 0.4) is 0 Å². The molecule has 0 bridgehead atoms. The van der Waals surface area contributed by atoms with Crippen LogP contribution in [0.2, 0.25) is 0 Å². The van der Waals surface area contributed by atoms with Gasteiger partial charge in [-0.15, -0.1) is 0 Å². The summed E-state index contributed by atoms with van der Waals surface area (Å²) in [6.07, 6.45) is 0.933. The molecule has 0 saturated carbocycles. The molecule has 1 aromatic rings. The van der Waals surface area contributed by atoms with Crippen molar-refractivity contribution in [2.75, 3.05) is 19.8 Å². The quantitative estimate of drug-likeness (QED) is 0.797. The first-order valence-electron chi connectivity index (χ1n) is 5.88. The van der Waals surface area contributed by atoms with Crippen molar-refractivity contribution in [3.05, 3.63) is 29.3 Å². The van der Waals surface area contributed by atoms with Crippen molar-refractivity contribution in [1.29, 1.82) is 0 Å². The van der Waals surface area contributed by atoms with Crippen LogP contribution in [0.5, 0.6) is 5.75 Å². The highest BCUT2D eigenvalue weighted by atomic mass is 16.5. The minimum absolute atomic E-state index is 0.248. The van der Waals surface area contributed by atoms with Gasteiger partial charge in [-0.2, -0.15) is 0 Å². The molecule has 4 nitrogen and oxygen atoms in total. The zero-order chi connectivity index (χ0) is 12.3. The average Bonchev–Trinajstić information content (AvgIpc) is 2.77. The van der Waals surface area contributed by atoms with Crippen molar-refractivity contribution in [2.24, 2.45) is 5.73 Å². The van der Waals surface area contributed by atoms with E-state index in [4.69, 9.17) is 15.2 Å². The number of ether oxygens (including phenoxy) is 2. The Labute approximate surface area is 101 Å². The van der Waals surface area contributed by atoms with E-state index in [-0.39, 0.29) is 12.5 Å². The van der Waals surface area contributed by atoms with Crippen molar-refractivity contribution in [1.82, 2.24) is 0 Å². The maximum Gasteiger partial charge on any atom is 0.314 e. The fraction of sp³-hybridized carbons (Fsp3) is 0.462. The van der Waals surface area contributed by atoms with Gasteiger partial charge in [-0.05, 0) is 24.1 Å². The zero-order valence-corrected chi connectivity index (χ0v) is 9.94. The Morgan fingerprint density at radius 2 is 2.41 bits per heavy atom. The van der Waals surface area contributed by atoms with E-state index in [2.05, 4.69) is 0 Å². The molecule has 1 atom stereocenters. The average molecular weight is 235 g/mol. The third-order valence-electron chi connectivity index (χ3n) is 2.93. The third-order valence-corrected chi connectivity index (χ3v) is 2.93. The predicted molar refractivity (Wildman–Crippen MR) is 64.1 cm³/mol. The van der Waals surface area contributed by atoms with Crippen molar-refractivity contribution in [3.63, 3.8) is 0 Å². The van der Waals surface area contributed by atoms with Crippen LogP contribution in [0.25, 0.3) is 0 Å². The van der Waals surface area contributed by atoms with Gasteiger partial charge in [-0.3, -0.25) is 4.79 Å². The smallest absolute Gasteiger partial charge is 0.314 e. The molecule has 1 aliphatic rings. The number of esters is 1. The molecule has 2 N–H and O–H groups in total. The van der Waals surface area contributed by atoms with Gasteiger partial charge in [-0.1, -0.05) is 12.1 Å². The number of fused-ring (bicyclic) bond motifs is 1. The second-order valence-corrected chi connectivity index (χ2v) is 4.01. The Kier molecular flexibility index (Phi) is 3.64. The van der Waals surface area contributed by atoms with E-state index in [1.807, 2.05) is 18.2 Å². The van der Waals surface area contributed by atoms with Crippen LogP contribution in [-0.4, -0.2) is 25.7 Å². The maximum atomic E-state index is 11.7. The molecule has 0 aromatic heterocycles. The van der Waals surface area contributed by atoms with Crippen LogP contribution in [-0.2, 0) is 16.0 Å². The summed E-state index contributed by atoms with van der Waals surface area (Å²) >= 11 is 0. The highest BCUT2D eigenvalue weighted by Crippen LogP contribution is 2.29. The lowest BCUT2D eigenvalue weighted by atomic mass is 9.97. The summed E-state index contributed by atoms with van der Waals surface area (Å²) in [4.78, 5) is 11.7. The third kappa shape index (κ3) is 2.42. The first-order valence-corrected chi connectivity index (χ1v) is 5.88. The molecular weight excluding hydrogens is 218 g/mol. The van der Waals surface area contributed by atoms with E-state index < -0.39 is 5.92 Å². The second kappa shape index (κ2) is 5.19. The van der Waals surface area contributed by atoms with Gasteiger partial charge in [0.05, 0.1) is 19.1 Å². The first-order chi connectivity index (χ1) is 8.26. The minimum atomic E-state index is -0.399. The molecule has 4 heteroatoms. The van der Waals surface area contributed by atoms with Gasteiger partial charge < -0.3 is 15.2 Å². The summed E-state index contributed by atoms with van der Waals surface area (Å²) in [6, 6.07) is 5.83. The van der Waals surface area contributed by atoms with E-state index in [1.165, 1.54) is 5.56 Å². The Hall–Kier alpha value is -1.55. The van der Waals surface area contributed by atoms with Crippen LogP contribution < -0.4 is 10.5 Å². The molecular formula is C13H17NO3. The SMILES string of the molecule is CCOC(=O)C(CN)c1ccc2c(c1)OCC2. The van der Waals surface area contributed by atoms with Crippen molar-refractivity contribution < 1.29 is 14.3 Å². The van der Waals surface area contributed by atoms with Crippen LogP contribution >= 0.6 is 0 Å². The molecule has 0 amide bonds. The van der Waals surface area contributed by atoms with E-state index >= 15 is 0 Å². The molecule has 0 saturated heterocycles. The number of hydrogen-bond acceptors (Lipinski definition) is 4. The molecule has 0 fully saturated rings. The zero-order valence-electron chi connectivity index (χ0n) is 9.94. The number of rotatable bonds is 4. The monoisotopic (exact) mass is 235 g/mol. The van der Waals surface area contributed by atoms with E-state index in [0.29, 0.717) is 13.2 Å². The largest absolute Gasteiger partial charge is 0.493 e. The lowest BCUT2D eigenvalue weighted by Gasteiger charge is -2.14. The molecule has 0 aliphatic carbocycles. The van der Waals surface area contributed by atoms with Crippen LogP contribution in [0.1, 0.15) is 24.0 Å². The van der Waals surface area contributed by atoms with Gasteiger partial charge in [0.1, 0.15) is 5.75 Å². The summed E-state index contributed by atoms with van der Waals surface area (Å²) in [7, 11) is 0.